The quantitative estimate of drug-likeness (QED) is 0.159. The van der Waals surface area contributed by atoms with Crippen LogP contribution in [-0.2, 0) is 15.7 Å². The van der Waals surface area contributed by atoms with Crippen molar-refractivity contribution in [1.29, 1.82) is 0 Å². The van der Waals surface area contributed by atoms with Crippen LogP contribution in [0.3, 0.4) is 0 Å². The summed E-state index contributed by atoms with van der Waals surface area (Å²) in [4.78, 5) is 43.9. The lowest BCUT2D eigenvalue weighted by Crippen LogP contribution is -2.47. The highest BCUT2D eigenvalue weighted by molar-refractivity contribution is 5.91. The molecule has 2 aliphatic carbocycles. The number of methoxy groups -OCH3 is 1. The molecule has 4 aromatic heterocycles. The van der Waals surface area contributed by atoms with E-state index in [1.54, 1.807) is 25.6 Å². The van der Waals surface area contributed by atoms with Crippen LogP contribution in [0.15, 0.2) is 30.6 Å². The van der Waals surface area contributed by atoms with Gasteiger partial charge in [0.15, 0.2) is 11.5 Å². The zero-order chi connectivity index (χ0) is 36.5. The molecule has 0 spiro atoms. The number of nitrogens with one attached hydrogen (secondary N) is 1. The third-order valence-corrected chi connectivity index (χ3v) is 10.7. The molecule has 3 aliphatic rings. The Balaban J connectivity index is 1.20. The maximum atomic E-state index is 14.1. The topological polar surface area (TPSA) is 136 Å². The molecule has 7 rings (SSSR count). The molecule has 3 fully saturated rings. The monoisotopic (exact) mass is 721 g/mol. The molecule has 1 saturated heterocycles. The Kier molecular flexibility index (Phi) is 10.3. The number of carboxylic acids is 1. The standard InChI is InChI=1S/C37H46F3N9O3/c1-47(22-36(23-52-2)10-4-3-5-11-36)29-19-27(25-17-26(24-8-9-24)43-30(18-25)37(38,39)40)44-35-33(29)45-34(46-35)28-20-42-31(21-41-28)49-15-13-48(14-16-49)12-6-7-32(50)51/h17-21,24H,3-16,22-23H2,1-2H3,(H,50,51)(H,44,45,46). The van der Waals surface area contributed by atoms with E-state index in [4.69, 9.17) is 29.8 Å². The normalized spacial score (nSPS) is 18.2. The van der Waals surface area contributed by atoms with Gasteiger partial charge >= 0.3 is 12.1 Å². The van der Waals surface area contributed by atoms with Gasteiger partial charge in [-0.15, -0.1) is 0 Å². The fourth-order valence-corrected chi connectivity index (χ4v) is 7.78. The fourth-order valence-electron chi connectivity index (χ4n) is 7.78. The van der Waals surface area contributed by atoms with Gasteiger partial charge in [-0.2, -0.15) is 13.2 Å². The molecule has 2 N–H and O–H groups in total. The number of halogens is 3. The molecule has 2 saturated carbocycles. The summed E-state index contributed by atoms with van der Waals surface area (Å²) in [6.45, 7) is 5.21. The summed E-state index contributed by atoms with van der Waals surface area (Å²) in [5, 5.41) is 8.93. The van der Waals surface area contributed by atoms with Crippen molar-refractivity contribution in [2.24, 2.45) is 5.41 Å². The van der Waals surface area contributed by atoms with Crippen LogP contribution in [0.1, 0.15) is 75.1 Å². The highest BCUT2D eigenvalue weighted by Gasteiger charge is 2.37. The number of pyridine rings is 2. The molecule has 5 heterocycles. The number of aromatic amines is 1. The van der Waals surface area contributed by atoms with Gasteiger partial charge in [-0.3, -0.25) is 9.69 Å². The Morgan fingerprint density at radius 3 is 2.44 bits per heavy atom. The number of ether oxygens (including phenoxy) is 1. The molecule has 0 aromatic carbocycles. The number of rotatable bonds is 13. The fraction of sp³-hybridized carbons (Fsp3) is 0.568. The molecule has 12 nitrogen and oxygen atoms in total. The summed E-state index contributed by atoms with van der Waals surface area (Å²) in [5.74, 6) is 0.457. The maximum Gasteiger partial charge on any atom is 0.433 e. The van der Waals surface area contributed by atoms with Crippen LogP contribution < -0.4 is 9.80 Å². The third-order valence-electron chi connectivity index (χ3n) is 10.7. The van der Waals surface area contributed by atoms with Crippen molar-refractivity contribution < 1.29 is 27.8 Å². The average Bonchev–Trinajstić information content (AvgIpc) is 3.90. The summed E-state index contributed by atoms with van der Waals surface area (Å²) < 4.78 is 47.9. The molecule has 278 valence electrons. The van der Waals surface area contributed by atoms with Crippen LogP contribution in [0.2, 0.25) is 0 Å². The highest BCUT2D eigenvalue weighted by atomic mass is 19.4. The SMILES string of the molecule is COCC1(CN(C)c2cc(-c3cc(C4CC4)nc(C(F)(F)F)c3)nc3nc(-c4cnc(N5CCN(CCCC(=O)O)CC5)cn4)[nH]c23)CCCCC1. The van der Waals surface area contributed by atoms with E-state index in [1.165, 1.54) is 6.42 Å². The van der Waals surface area contributed by atoms with Gasteiger partial charge < -0.3 is 24.6 Å². The Morgan fingerprint density at radius 1 is 1.02 bits per heavy atom. The molecule has 0 radical (unpaired) electrons. The maximum absolute atomic E-state index is 14.1. The summed E-state index contributed by atoms with van der Waals surface area (Å²) in [6.07, 6.45) is 6.76. The van der Waals surface area contributed by atoms with Gasteiger partial charge in [0.05, 0.1) is 30.4 Å². The molecule has 0 atom stereocenters. The number of piperazine rings is 1. The second-order valence-electron chi connectivity index (χ2n) is 14.7. The van der Waals surface area contributed by atoms with Crippen LogP contribution in [0.25, 0.3) is 33.9 Å². The van der Waals surface area contributed by atoms with Crippen molar-refractivity contribution in [2.45, 2.75) is 69.9 Å². The lowest BCUT2D eigenvalue weighted by molar-refractivity contribution is -0.141. The number of aliphatic carboxylic acids is 1. The summed E-state index contributed by atoms with van der Waals surface area (Å²) in [6, 6.07) is 4.69. The lowest BCUT2D eigenvalue weighted by Gasteiger charge is -2.40. The molecule has 52 heavy (non-hydrogen) atoms. The van der Waals surface area contributed by atoms with Gasteiger partial charge in [0.1, 0.15) is 22.7 Å². The summed E-state index contributed by atoms with van der Waals surface area (Å²) in [5.41, 5.74) is 2.59. The zero-order valence-corrected chi connectivity index (χ0v) is 29.8. The Morgan fingerprint density at radius 2 is 1.79 bits per heavy atom. The van der Waals surface area contributed by atoms with E-state index >= 15 is 0 Å². The first-order valence-electron chi connectivity index (χ1n) is 18.2. The first kappa shape index (κ1) is 36.0. The molecule has 4 aromatic rings. The molecule has 1 aliphatic heterocycles. The number of H-pyrrole nitrogens is 1. The van der Waals surface area contributed by atoms with E-state index in [0.29, 0.717) is 59.2 Å². The average molecular weight is 722 g/mol. The van der Waals surface area contributed by atoms with Crippen molar-refractivity contribution in [2.75, 3.05) is 69.8 Å². The predicted octanol–water partition coefficient (Wildman–Crippen LogP) is 6.39. The van der Waals surface area contributed by atoms with E-state index in [1.807, 2.05) is 13.1 Å². The highest BCUT2D eigenvalue weighted by Crippen LogP contribution is 2.43. The number of fused-ring (bicyclic) bond motifs is 1. The molecule has 0 unspecified atom stereocenters. The van der Waals surface area contributed by atoms with Gasteiger partial charge in [-0.05, 0) is 56.8 Å². The van der Waals surface area contributed by atoms with Crippen molar-refractivity contribution in [1.82, 2.24) is 34.8 Å². The Hall–Kier alpha value is -4.37. The first-order valence-corrected chi connectivity index (χ1v) is 18.2. The minimum absolute atomic E-state index is 0.0263. The number of carbonyl (C=O) groups is 1. The van der Waals surface area contributed by atoms with Gasteiger partial charge in [-0.25, -0.2) is 24.9 Å². The van der Waals surface area contributed by atoms with E-state index in [9.17, 15) is 18.0 Å². The number of nitrogens with zero attached hydrogens (tertiary/aromatic N) is 8. The predicted molar refractivity (Wildman–Crippen MR) is 191 cm³/mol. The molecule has 15 heteroatoms. The number of anilines is 2. The van der Waals surface area contributed by atoms with Crippen molar-refractivity contribution in [3.8, 4) is 22.8 Å². The first-order chi connectivity index (χ1) is 25.0. The van der Waals surface area contributed by atoms with Crippen molar-refractivity contribution in [3.63, 3.8) is 0 Å². The number of hydrogen-bond acceptors (Lipinski definition) is 10. The number of aromatic nitrogens is 6. The van der Waals surface area contributed by atoms with Crippen LogP contribution in [-0.4, -0.2) is 106 Å². The number of imidazole rings is 1. The van der Waals surface area contributed by atoms with Crippen LogP contribution in [0, 0.1) is 5.41 Å². The largest absolute Gasteiger partial charge is 0.481 e. The second-order valence-corrected chi connectivity index (χ2v) is 14.7. The van der Waals surface area contributed by atoms with Crippen molar-refractivity contribution >= 4 is 28.6 Å². The molecule has 0 amide bonds. The van der Waals surface area contributed by atoms with Gasteiger partial charge in [0.2, 0.25) is 0 Å². The molecular formula is C37H46F3N9O3. The minimum atomic E-state index is -4.59. The van der Waals surface area contributed by atoms with Gasteiger partial charge in [0.25, 0.3) is 0 Å². The van der Waals surface area contributed by atoms with E-state index in [-0.39, 0.29) is 17.8 Å². The molecular weight excluding hydrogens is 675 g/mol. The van der Waals surface area contributed by atoms with Gasteiger partial charge in [-0.1, -0.05) is 19.3 Å². The van der Waals surface area contributed by atoms with Crippen LogP contribution in [0.5, 0.6) is 0 Å². The molecule has 0 bridgehead atoms. The Bertz CT molecular complexity index is 1860. The van der Waals surface area contributed by atoms with E-state index in [2.05, 4.69) is 24.7 Å². The van der Waals surface area contributed by atoms with E-state index < -0.39 is 17.8 Å². The zero-order valence-electron chi connectivity index (χ0n) is 29.8. The third kappa shape index (κ3) is 8.15. The van der Waals surface area contributed by atoms with Crippen LogP contribution >= 0.6 is 0 Å². The number of hydrogen-bond donors (Lipinski definition) is 2. The number of carboxylic acid groups (broad SMARTS) is 1. The summed E-state index contributed by atoms with van der Waals surface area (Å²) >= 11 is 0. The minimum Gasteiger partial charge on any atom is -0.481 e. The smallest absolute Gasteiger partial charge is 0.433 e. The summed E-state index contributed by atoms with van der Waals surface area (Å²) in [7, 11) is 3.74. The Labute approximate surface area is 300 Å². The number of alkyl halides is 3. The van der Waals surface area contributed by atoms with Crippen molar-refractivity contribution in [3.05, 3.63) is 42.0 Å². The van der Waals surface area contributed by atoms with Crippen LogP contribution in [0.4, 0.5) is 24.7 Å². The second kappa shape index (κ2) is 14.9. The van der Waals surface area contributed by atoms with E-state index in [0.717, 1.165) is 88.8 Å². The van der Waals surface area contributed by atoms with Gasteiger partial charge in [0, 0.05) is 75.9 Å². The lowest BCUT2D eigenvalue weighted by atomic mass is 9.74.